The van der Waals surface area contributed by atoms with Crippen LogP contribution in [0.15, 0.2) is 24.3 Å². The molecular formula is C17H16N2O3. The number of aryl methyl sites for hydroxylation is 1. The van der Waals surface area contributed by atoms with Crippen LogP contribution in [0.5, 0.6) is 0 Å². The van der Waals surface area contributed by atoms with E-state index in [9.17, 15) is 9.59 Å². The first-order valence-electron chi connectivity index (χ1n) is 6.88. The third-order valence-electron chi connectivity index (χ3n) is 3.38. The summed E-state index contributed by atoms with van der Waals surface area (Å²) in [4.78, 5) is 30.8. The van der Waals surface area contributed by atoms with E-state index < -0.39 is 5.97 Å². The quantitative estimate of drug-likeness (QED) is 0.533. The molecule has 1 aromatic carbocycles. The maximum atomic E-state index is 12.7. The van der Waals surface area contributed by atoms with E-state index in [1.165, 1.54) is 0 Å². The number of hydrogen-bond donors (Lipinski definition) is 1. The minimum atomic E-state index is -0.475. The van der Waals surface area contributed by atoms with E-state index in [1.807, 2.05) is 0 Å². The Balaban J connectivity index is 2.46. The highest BCUT2D eigenvalue weighted by atomic mass is 16.5. The zero-order valence-corrected chi connectivity index (χ0v) is 12.7. The average molecular weight is 296 g/mol. The second kappa shape index (κ2) is 6.27. The van der Waals surface area contributed by atoms with Gasteiger partial charge in [-0.15, -0.1) is 0 Å². The van der Waals surface area contributed by atoms with Crippen LogP contribution in [0.3, 0.4) is 0 Å². The van der Waals surface area contributed by atoms with Gasteiger partial charge in [0.25, 0.3) is 0 Å². The SMILES string of the molecule is [C-]#[N+]c1cccc(C(=O)c2c(C)[nH]c(C(=O)OCC)c2C)c1. The van der Waals surface area contributed by atoms with Gasteiger partial charge in [-0.1, -0.05) is 18.2 Å². The largest absolute Gasteiger partial charge is 0.461 e. The number of nitrogens with zero attached hydrogens (tertiary/aromatic N) is 1. The highest BCUT2D eigenvalue weighted by molar-refractivity contribution is 6.12. The predicted octanol–water partition coefficient (Wildman–Crippen LogP) is 3.59. The molecule has 0 aliphatic rings. The van der Waals surface area contributed by atoms with Crippen LogP contribution in [0.2, 0.25) is 0 Å². The number of esters is 1. The van der Waals surface area contributed by atoms with Gasteiger partial charge in [-0.2, -0.15) is 0 Å². The van der Waals surface area contributed by atoms with E-state index in [-0.39, 0.29) is 12.4 Å². The summed E-state index contributed by atoms with van der Waals surface area (Å²) in [6, 6.07) is 6.52. The summed E-state index contributed by atoms with van der Waals surface area (Å²) >= 11 is 0. The molecular weight excluding hydrogens is 280 g/mol. The Bertz CT molecular complexity index is 782. The number of carbonyl (C=O) groups is 2. The first-order valence-corrected chi connectivity index (χ1v) is 6.88. The van der Waals surface area contributed by atoms with Crippen LogP contribution in [0, 0.1) is 20.4 Å². The van der Waals surface area contributed by atoms with Crippen LogP contribution < -0.4 is 0 Å². The fourth-order valence-electron chi connectivity index (χ4n) is 2.36. The third-order valence-corrected chi connectivity index (χ3v) is 3.38. The van der Waals surface area contributed by atoms with Crippen LogP contribution in [0.25, 0.3) is 4.85 Å². The molecule has 2 aromatic rings. The molecule has 1 aromatic heterocycles. The summed E-state index contributed by atoms with van der Waals surface area (Å²) < 4.78 is 4.98. The Labute approximate surface area is 128 Å². The van der Waals surface area contributed by atoms with Crippen molar-refractivity contribution in [1.29, 1.82) is 0 Å². The number of aromatic nitrogens is 1. The molecule has 0 atom stereocenters. The summed E-state index contributed by atoms with van der Waals surface area (Å²) in [5.41, 5.74) is 2.75. The van der Waals surface area contributed by atoms with Crippen molar-refractivity contribution in [3.63, 3.8) is 0 Å². The molecule has 5 nitrogen and oxygen atoms in total. The molecule has 0 spiro atoms. The summed E-state index contributed by atoms with van der Waals surface area (Å²) in [5, 5.41) is 0. The smallest absolute Gasteiger partial charge is 0.355 e. The van der Waals surface area contributed by atoms with E-state index in [2.05, 4.69) is 9.83 Å². The molecule has 0 unspecified atom stereocenters. The fraction of sp³-hybridized carbons (Fsp3) is 0.235. The van der Waals surface area contributed by atoms with Crippen LogP contribution in [-0.4, -0.2) is 23.3 Å². The molecule has 0 saturated heterocycles. The molecule has 0 bridgehead atoms. The van der Waals surface area contributed by atoms with Crippen molar-refractivity contribution in [3.8, 4) is 0 Å². The molecule has 0 aliphatic carbocycles. The molecule has 2 rings (SSSR count). The van der Waals surface area contributed by atoms with Gasteiger partial charge >= 0.3 is 5.97 Å². The van der Waals surface area contributed by atoms with E-state index in [1.54, 1.807) is 45.0 Å². The van der Waals surface area contributed by atoms with Crippen molar-refractivity contribution in [2.24, 2.45) is 0 Å². The van der Waals surface area contributed by atoms with Gasteiger partial charge in [0, 0.05) is 16.8 Å². The molecule has 0 fully saturated rings. The Morgan fingerprint density at radius 3 is 2.68 bits per heavy atom. The van der Waals surface area contributed by atoms with Crippen LogP contribution >= 0.6 is 0 Å². The van der Waals surface area contributed by atoms with Crippen LogP contribution in [-0.2, 0) is 4.74 Å². The van der Waals surface area contributed by atoms with Gasteiger partial charge in [0.1, 0.15) is 5.69 Å². The highest BCUT2D eigenvalue weighted by Crippen LogP contribution is 2.24. The van der Waals surface area contributed by atoms with Gasteiger partial charge in [-0.05, 0) is 32.4 Å². The molecule has 22 heavy (non-hydrogen) atoms. The monoisotopic (exact) mass is 296 g/mol. The maximum Gasteiger partial charge on any atom is 0.355 e. The first kappa shape index (κ1) is 15.5. The fourth-order valence-corrected chi connectivity index (χ4v) is 2.36. The van der Waals surface area contributed by atoms with Gasteiger partial charge in [-0.3, -0.25) is 4.79 Å². The first-order chi connectivity index (χ1) is 10.5. The lowest BCUT2D eigenvalue weighted by molar-refractivity contribution is 0.0519. The predicted molar refractivity (Wildman–Crippen MR) is 82.4 cm³/mol. The summed E-state index contributed by atoms with van der Waals surface area (Å²) in [6.07, 6.45) is 0. The third kappa shape index (κ3) is 2.77. The Hall–Kier alpha value is -2.87. The van der Waals surface area contributed by atoms with Gasteiger partial charge in [-0.25, -0.2) is 9.64 Å². The van der Waals surface area contributed by atoms with Crippen molar-refractivity contribution < 1.29 is 14.3 Å². The number of ketones is 1. The number of rotatable bonds is 4. The van der Waals surface area contributed by atoms with E-state index in [4.69, 9.17) is 11.3 Å². The number of aromatic amines is 1. The topological polar surface area (TPSA) is 63.5 Å². The lowest BCUT2D eigenvalue weighted by Gasteiger charge is -2.04. The summed E-state index contributed by atoms with van der Waals surface area (Å²) in [5.74, 6) is -0.690. The summed E-state index contributed by atoms with van der Waals surface area (Å²) in [7, 11) is 0. The van der Waals surface area contributed by atoms with Crippen molar-refractivity contribution >= 4 is 17.4 Å². The number of H-pyrrole nitrogens is 1. The van der Waals surface area contributed by atoms with Crippen molar-refractivity contribution in [2.45, 2.75) is 20.8 Å². The van der Waals surface area contributed by atoms with E-state index in [0.29, 0.717) is 33.8 Å². The molecule has 112 valence electrons. The average Bonchev–Trinajstić information content (AvgIpc) is 2.82. The van der Waals surface area contributed by atoms with Gasteiger partial charge in [0.15, 0.2) is 11.5 Å². The minimum absolute atomic E-state index is 0.215. The van der Waals surface area contributed by atoms with Crippen molar-refractivity contribution in [1.82, 2.24) is 4.98 Å². The van der Waals surface area contributed by atoms with Crippen LogP contribution in [0.1, 0.15) is 44.6 Å². The normalized spacial score (nSPS) is 10.1. The molecule has 0 saturated carbocycles. The standard InChI is InChI=1S/C17H16N2O3/c1-5-22-17(21)15-10(2)14(11(3)19-15)16(20)12-7-6-8-13(9-12)18-4/h6-9,19H,5H2,1-3H3. The summed E-state index contributed by atoms with van der Waals surface area (Å²) in [6.45, 7) is 12.5. The zero-order valence-electron chi connectivity index (χ0n) is 12.7. The Morgan fingerprint density at radius 1 is 1.32 bits per heavy atom. The van der Waals surface area contributed by atoms with E-state index >= 15 is 0 Å². The number of carbonyl (C=O) groups excluding carboxylic acids is 2. The maximum absolute atomic E-state index is 12.7. The lowest BCUT2D eigenvalue weighted by atomic mass is 9.99. The number of nitrogens with one attached hydrogen (secondary N) is 1. The number of hydrogen-bond acceptors (Lipinski definition) is 3. The molecule has 0 amide bonds. The van der Waals surface area contributed by atoms with Gasteiger partial charge < -0.3 is 9.72 Å². The van der Waals surface area contributed by atoms with Gasteiger partial charge in [0.05, 0.1) is 13.2 Å². The van der Waals surface area contributed by atoms with E-state index in [0.717, 1.165) is 0 Å². The number of ether oxygens (including phenoxy) is 1. The Morgan fingerprint density at radius 2 is 2.05 bits per heavy atom. The molecule has 1 heterocycles. The lowest BCUT2D eigenvalue weighted by Crippen LogP contribution is -2.08. The Kier molecular flexibility index (Phi) is 4.42. The highest BCUT2D eigenvalue weighted by Gasteiger charge is 2.23. The number of benzene rings is 1. The molecule has 0 radical (unpaired) electrons. The molecule has 5 heteroatoms. The van der Waals surface area contributed by atoms with Crippen molar-refractivity contribution in [2.75, 3.05) is 6.61 Å². The minimum Gasteiger partial charge on any atom is -0.461 e. The van der Waals surface area contributed by atoms with Crippen LogP contribution in [0.4, 0.5) is 5.69 Å². The second-order valence-corrected chi connectivity index (χ2v) is 4.84. The van der Waals surface area contributed by atoms with Gasteiger partial charge in [0.2, 0.25) is 0 Å². The van der Waals surface area contributed by atoms with Crippen molar-refractivity contribution in [3.05, 3.63) is 63.8 Å². The molecule has 1 N–H and O–H groups in total. The second-order valence-electron chi connectivity index (χ2n) is 4.84. The zero-order chi connectivity index (χ0) is 16.3. The molecule has 0 aliphatic heterocycles.